The van der Waals surface area contributed by atoms with E-state index in [0.717, 1.165) is 4.88 Å². The maximum atomic E-state index is 12.0. The van der Waals surface area contributed by atoms with Crippen LogP contribution in [-0.2, 0) is 11.3 Å². The predicted molar refractivity (Wildman–Crippen MR) is 93.6 cm³/mol. The van der Waals surface area contributed by atoms with Crippen LogP contribution in [0.25, 0.3) is 0 Å². The van der Waals surface area contributed by atoms with Crippen molar-refractivity contribution in [1.29, 1.82) is 0 Å². The first kappa shape index (κ1) is 16.6. The van der Waals surface area contributed by atoms with Gasteiger partial charge in [-0.3, -0.25) is 4.90 Å². The first-order valence-electron chi connectivity index (χ1n) is 7.39. The van der Waals surface area contributed by atoms with Gasteiger partial charge in [-0.05, 0) is 29.6 Å². The Hall–Kier alpha value is -2.25. The van der Waals surface area contributed by atoms with E-state index < -0.39 is 12.2 Å². The van der Waals surface area contributed by atoms with Crippen LogP contribution in [0.1, 0.15) is 4.88 Å². The van der Waals surface area contributed by atoms with Crippen LogP contribution in [0.15, 0.2) is 41.8 Å². The molecule has 1 aromatic carbocycles. The molecule has 0 spiro atoms. The summed E-state index contributed by atoms with van der Waals surface area (Å²) in [4.78, 5) is 26.3. The molecule has 8 heteroatoms. The first-order chi connectivity index (χ1) is 11.6. The molecule has 24 heavy (non-hydrogen) atoms. The summed E-state index contributed by atoms with van der Waals surface area (Å²) in [6, 6.07) is 10.6. The highest BCUT2D eigenvalue weighted by molar-refractivity contribution is 7.09. The zero-order valence-electron chi connectivity index (χ0n) is 12.7. The van der Waals surface area contributed by atoms with E-state index in [1.165, 1.54) is 4.90 Å². The summed E-state index contributed by atoms with van der Waals surface area (Å²) in [6.45, 7) is 1.09. The van der Waals surface area contributed by atoms with Crippen molar-refractivity contribution in [2.45, 2.75) is 12.6 Å². The van der Waals surface area contributed by atoms with Crippen molar-refractivity contribution >= 4 is 40.7 Å². The van der Waals surface area contributed by atoms with Crippen molar-refractivity contribution in [1.82, 2.24) is 10.6 Å². The van der Waals surface area contributed by atoms with Gasteiger partial charge in [0, 0.05) is 15.6 Å². The first-order valence-corrected chi connectivity index (χ1v) is 8.65. The number of nitrogens with one attached hydrogen (secondary N) is 2. The van der Waals surface area contributed by atoms with Gasteiger partial charge in [0.2, 0.25) is 0 Å². The lowest BCUT2D eigenvalue weighted by molar-refractivity contribution is 0.140. The summed E-state index contributed by atoms with van der Waals surface area (Å²) >= 11 is 7.52. The third-order valence-corrected chi connectivity index (χ3v) is 4.60. The number of halogens is 1. The van der Waals surface area contributed by atoms with Crippen molar-refractivity contribution in [3.05, 3.63) is 51.7 Å². The molecule has 126 valence electrons. The lowest BCUT2D eigenvalue weighted by Crippen LogP contribution is -2.40. The van der Waals surface area contributed by atoms with E-state index >= 15 is 0 Å². The molecule has 2 heterocycles. The Morgan fingerprint density at radius 2 is 2.21 bits per heavy atom. The molecule has 6 nitrogen and oxygen atoms in total. The van der Waals surface area contributed by atoms with Crippen molar-refractivity contribution in [2.24, 2.45) is 0 Å². The fourth-order valence-electron chi connectivity index (χ4n) is 2.33. The molecule has 1 aliphatic rings. The molecular weight excluding hydrogens is 350 g/mol. The molecule has 3 rings (SSSR count). The Bertz CT molecular complexity index is 723. The number of nitrogens with zero attached hydrogens (tertiary/aromatic N) is 1. The van der Waals surface area contributed by atoms with Gasteiger partial charge in [-0.25, -0.2) is 9.59 Å². The Labute approximate surface area is 148 Å². The Morgan fingerprint density at radius 1 is 1.33 bits per heavy atom. The van der Waals surface area contributed by atoms with Crippen LogP contribution in [0.3, 0.4) is 0 Å². The van der Waals surface area contributed by atoms with Crippen LogP contribution in [0.5, 0.6) is 0 Å². The number of anilines is 1. The lowest BCUT2D eigenvalue weighted by atomic mass is 10.2. The van der Waals surface area contributed by atoms with Gasteiger partial charge in [-0.1, -0.05) is 23.7 Å². The third kappa shape index (κ3) is 4.18. The average Bonchev–Trinajstić information content (AvgIpc) is 3.20. The van der Waals surface area contributed by atoms with E-state index in [1.807, 2.05) is 17.5 Å². The van der Waals surface area contributed by atoms with E-state index in [-0.39, 0.29) is 12.6 Å². The average molecular weight is 366 g/mol. The van der Waals surface area contributed by atoms with Crippen LogP contribution < -0.4 is 15.5 Å². The minimum absolute atomic E-state index is 0.249. The van der Waals surface area contributed by atoms with E-state index in [1.54, 1.807) is 35.6 Å². The number of thiophene rings is 1. The summed E-state index contributed by atoms with van der Waals surface area (Å²) in [5, 5.41) is 7.98. The number of benzene rings is 1. The topological polar surface area (TPSA) is 70.7 Å². The molecule has 1 fully saturated rings. The largest absolute Gasteiger partial charge is 0.442 e. The Kier molecular flexibility index (Phi) is 5.22. The SMILES string of the molecule is O=C(NCc1cccs1)NC[C@@H]1CN(c2cccc(Cl)c2)C(=O)O1. The molecule has 0 aliphatic carbocycles. The Morgan fingerprint density at radius 3 is 2.96 bits per heavy atom. The number of urea groups is 1. The molecule has 1 aromatic heterocycles. The molecule has 1 atom stereocenters. The number of ether oxygens (including phenoxy) is 1. The van der Waals surface area contributed by atoms with Crippen molar-refractivity contribution in [3.63, 3.8) is 0 Å². The molecular formula is C16H16ClN3O3S. The predicted octanol–water partition coefficient (Wildman–Crippen LogP) is 3.23. The minimum Gasteiger partial charge on any atom is -0.442 e. The minimum atomic E-state index is -0.442. The fraction of sp³-hybridized carbons (Fsp3) is 0.250. The van der Waals surface area contributed by atoms with Gasteiger partial charge in [0.05, 0.1) is 19.6 Å². The van der Waals surface area contributed by atoms with E-state index in [4.69, 9.17) is 16.3 Å². The van der Waals surface area contributed by atoms with Gasteiger partial charge in [-0.15, -0.1) is 11.3 Å². The highest BCUT2D eigenvalue weighted by atomic mass is 35.5. The molecule has 1 aliphatic heterocycles. The number of rotatable bonds is 5. The standard InChI is InChI=1S/C16H16ClN3O3S/c17-11-3-1-4-12(7-11)20-10-13(23-16(20)22)8-18-15(21)19-9-14-5-2-6-24-14/h1-7,13H,8-10H2,(H2,18,19,21)/t13-/m1/s1. The summed E-state index contributed by atoms with van der Waals surface area (Å²) < 4.78 is 5.27. The number of hydrogen-bond acceptors (Lipinski definition) is 4. The van der Waals surface area contributed by atoms with Gasteiger partial charge < -0.3 is 15.4 Å². The van der Waals surface area contributed by atoms with Crippen molar-refractivity contribution < 1.29 is 14.3 Å². The second kappa shape index (κ2) is 7.55. The van der Waals surface area contributed by atoms with E-state index in [0.29, 0.717) is 23.8 Å². The highest BCUT2D eigenvalue weighted by Gasteiger charge is 2.32. The fourth-order valence-corrected chi connectivity index (χ4v) is 3.16. The summed E-state index contributed by atoms with van der Waals surface area (Å²) in [6.07, 6.45) is -0.841. The van der Waals surface area contributed by atoms with Gasteiger partial charge in [0.1, 0.15) is 6.10 Å². The molecule has 0 bridgehead atoms. The molecule has 1 saturated heterocycles. The molecule has 0 radical (unpaired) electrons. The quantitative estimate of drug-likeness (QED) is 0.854. The van der Waals surface area contributed by atoms with Crippen LogP contribution in [0.2, 0.25) is 5.02 Å². The smallest absolute Gasteiger partial charge is 0.414 e. The number of cyclic esters (lactones) is 1. The molecule has 2 aromatic rings. The van der Waals surface area contributed by atoms with Gasteiger partial charge in [-0.2, -0.15) is 0 Å². The highest BCUT2D eigenvalue weighted by Crippen LogP contribution is 2.24. The van der Waals surface area contributed by atoms with Gasteiger partial charge >= 0.3 is 12.1 Å². The summed E-state index contributed by atoms with van der Waals surface area (Å²) in [5.41, 5.74) is 0.678. The zero-order valence-corrected chi connectivity index (χ0v) is 14.3. The van der Waals surface area contributed by atoms with Crippen LogP contribution >= 0.6 is 22.9 Å². The van der Waals surface area contributed by atoms with E-state index in [9.17, 15) is 9.59 Å². The molecule has 0 saturated carbocycles. The van der Waals surface area contributed by atoms with Gasteiger partial charge in [0.15, 0.2) is 0 Å². The second-order valence-corrected chi connectivity index (χ2v) is 6.71. The monoisotopic (exact) mass is 365 g/mol. The normalized spacial score (nSPS) is 16.8. The summed E-state index contributed by atoms with van der Waals surface area (Å²) in [7, 11) is 0. The number of carbonyl (C=O) groups is 2. The third-order valence-electron chi connectivity index (χ3n) is 3.49. The van der Waals surface area contributed by atoms with E-state index in [2.05, 4.69) is 10.6 Å². The molecule has 3 amide bonds. The van der Waals surface area contributed by atoms with Gasteiger partial charge in [0.25, 0.3) is 0 Å². The molecule has 0 unspecified atom stereocenters. The van der Waals surface area contributed by atoms with Crippen molar-refractivity contribution in [3.8, 4) is 0 Å². The molecule has 2 N–H and O–H groups in total. The Balaban J connectivity index is 1.47. The van der Waals surface area contributed by atoms with Crippen LogP contribution in [0.4, 0.5) is 15.3 Å². The lowest BCUT2D eigenvalue weighted by Gasteiger charge is -2.13. The summed E-state index contributed by atoms with van der Waals surface area (Å²) in [5.74, 6) is 0. The second-order valence-electron chi connectivity index (χ2n) is 5.24. The van der Waals surface area contributed by atoms with Crippen LogP contribution in [-0.4, -0.2) is 31.3 Å². The number of amides is 3. The van der Waals surface area contributed by atoms with Crippen molar-refractivity contribution in [2.75, 3.05) is 18.0 Å². The van der Waals surface area contributed by atoms with Crippen LogP contribution in [0, 0.1) is 0 Å². The maximum Gasteiger partial charge on any atom is 0.414 e. The zero-order chi connectivity index (χ0) is 16.9. The maximum absolute atomic E-state index is 12.0. The number of carbonyl (C=O) groups excluding carboxylic acids is 2. The number of hydrogen-bond donors (Lipinski definition) is 2.